The first-order chi connectivity index (χ1) is 12.6. The van der Waals surface area contributed by atoms with Crippen molar-refractivity contribution in [2.24, 2.45) is 11.3 Å². The molecule has 1 heterocycles. The molecule has 0 bridgehead atoms. The van der Waals surface area contributed by atoms with E-state index in [9.17, 15) is 9.90 Å². The number of halogens is 1. The van der Waals surface area contributed by atoms with Crippen LogP contribution >= 0.6 is 22.6 Å². The summed E-state index contributed by atoms with van der Waals surface area (Å²) in [5.41, 5.74) is 1.63. The monoisotopic (exact) mass is 459 g/mol. The summed E-state index contributed by atoms with van der Waals surface area (Å²) in [6.45, 7) is 2.21. The third kappa shape index (κ3) is 2.99. The van der Waals surface area contributed by atoms with Crippen LogP contribution in [0.25, 0.3) is 0 Å². The minimum Gasteiger partial charge on any atom is -0.481 e. The van der Waals surface area contributed by atoms with E-state index in [1.807, 2.05) is 36.4 Å². The van der Waals surface area contributed by atoms with Crippen LogP contribution in [0.2, 0.25) is 0 Å². The molecule has 3 atom stereocenters. The second-order valence-corrected chi connectivity index (χ2v) is 8.59. The Morgan fingerprint density at radius 2 is 1.73 bits per heavy atom. The van der Waals surface area contributed by atoms with E-state index in [4.69, 9.17) is 0 Å². The van der Waals surface area contributed by atoms with Crippen LogP contribution in [0.1, 0.15) is 23.5 Å². The normalized spacial score (nSPS) is 28.4. The number of allylic oxidation sites excluding steroid dienone is 1. The van der Waals surface area contributed by atoms with Gasteiger partial charge in [-0.2, -0.15) is 0 Å². The largest absolute Gasteiger partial charge is 0.481 e. The Bertz CT molecular complexity index is 821. The SMILES string of the molecule is O=C(O)[C@]12CN(Cc3ccccc3)C[C@H]1C(I)=CC[C@H]2c1ccccc1. The second kappa shape index (κ2) is 7.16. The summed E-state index contributed by atoms with van der Waals surface area (Å²) in [6, 6.07) is 20.5. The van der Waals surface area contributed by atoms with E-state index in [-0.39, 0.29) is 11.8 Å². The second-order valence-electron chi connectivity index (χ2n) is 7.34. The van der Waals surface area contributed by atoms with E-state index in [1.54, 1.807) is 0 Å². The van der Waals surface area contributed by atoms with Crippen LogP contribution in [-0.2, 0) is 11.3 Å². The first-order valence-electron chi connectivity index (χ1n) is 9.01. The summed E-state index contributed by atoms with van der Waals surface area (Å²) in [7, 11) is 0. The molecular formula is C22H22INO2. The number of hydrogen-bond donors (Lipinski definition) is 1. The maximum atomic E-state index is 12.6. The van der Waals surface area contributed by atoms with Gasteiger partial charge in [-0.05, 0) is 43.7 Å². The van der Waals surface area contributed by atoms with Gasteiger partial charge in [-0.15, -0.1) is 0 Å². The molecule has 3 nitrogen and oxygen atoms in total. The number of benzene rings is 2. The van der Waals surface area contributed by atoms with E-state index in [2.05, 4.69) is 57.8 Å². The molecule has 1 aliphatic heterocycles. The van der Waals surface area contributed by atoms with Gasteiger partial charge in [0.05, 0.1) is 5.41 Å². The van der Waals surface area contributed by atoms with Crippen molar-refractivity contribution in [3.63, 3.8) is 0 Å². The van der Waals surface area contributed by atoms with Crippen LogP contribution in [-0.4, -0.2) is 29.1 Å². The molecule has 26 heavy (non-hydrogen) atoms. The first kappa shape index (κ1) is 17.7. The fourth-order valence-corrected chi connectivity index (χ4v) is 5.69. The molecular weight excluding hydrogens is 437 g/mol. The summed E-state index contributed by atoms with van der Waals surface area (Å²) in [5, 5.41) is 10.4. The molecule has 1 fully saturated rings. The number of aliphatic carboxylic acids is 1. The number of carboxylic acid groups (broad SMARTS) is 1. The van der Waals surface area contributed by atoms with Crippen molar-refractivity contribution >= 4 is 28.6 Å². The molecule has 0 radical (unpaired) electrons. The minimum atomic E-state index is -0.749. The molecule has 4 rings (SSSR count). The van der Waals surface area contributed by atoms with Crippen LogP contribution in [0.4, 0.5) is 0 Å². The number of fused-ring (bicyclic) bond motifs is 1. The molecule has 2 aromatic carbocycles. The first-order valence-corrected chi connectivity index (χ1v) is 10.1. The van der Waals surface area contributed by atoms with E-state index >= 15 is 0 Å². The van der Waals surface area contributed by atoms with Crippen molar-refractivity contribution in [1.82, 2.24) is 4.90 Å². The molecule has 0 unspecified atom stereocenters. The summed E-state index contributed by atoms with van der Waals surface area (Å²) >= 11 is 2.36. The molecule has 0 aromatic heterocycles. The smallest absolute Gasteiger partial charge is 0.312 e. The predicted molar refractivity (Wildman–Crippen MR) is 111 cm³/mol. The van der Waals surface area contributed by atoms with E-state index < -0.39 is 11.4 Å². The van der Waals surface area contributed by atoms with Crippen LogP contribution < -0.4 is 0 Å². The van der Waals surface area contributed by atoms with Crippen molar-refractivity contribution in [2.75, 3.05) is 13.1 Å². The molecule has 2 aliphatic rings. The molecule has 0 saturated carbocycles. The Labute approximate surface area is 167 Å². The Morgan fingerprint density at radius 3 is 2.38 bits per heavy atom. The maximum absolute atomic E-state index is 12.6. The lowest BCUT2D eigenvalue weighted by Gasteiger charge is -2.41. The van der Waals surface area contributed by atoms with Gasteiger partial charge in [-0.25, -0.2) is 0 Å². The average Bonchev–Trinajstić information content (AvgIpc) is 3.05. The molecule has 1 N–H and O–H groups in total. The Morgan fingerprint density at radius 1 is 1.08 bits per heavy atom. The summed E-state index contributed by atoms with van der Waals surface area (Å²) in [4.78, 5) is 14.9. The minimum absolute atomic E-state index is 0.0190. The van der Waals surface area contributed by atoms with Crippen LogP contribution in [0.5, 0.6) is 0 Å². The van der Waals surface area contributed by atoms with Gasteiger partial charge in [-0.1, -0.05) is 66.7 Å². The number of carbonyl (C=O) groups is 1. The van der Waals surface area contributed by atoms with Gasteiger partial charge in [-0.3, -0.25) is 9.69 Å². The van der Waals surface area contributed by atoms with E-state index in [0.717, 1.165) is 25.1 Å². The zero-order valence-corrected chi connectivity index (χ0v) is 16.7. The van der Waals surface area contributed by atoms with Crippen molar-refractivity contribution in [3.8, 4) is 0 Å². The maximum Gasteiger partial charge on any atom is 0.312 e. The van der Waals surface area contributed by atoms with Gasteiger partial charge in [0.2, 0.25) is 0 Å². The fraction of sp³-hybridized carbons (Fsp3) is 0.318. The molecule has 0 amide bonds. The molecule has 1 saturated heterocycles. The van der Waals surface area contributed by atoms with Gasteiger partial charge < -0.3 is 5.11 Å². The lowest BCUT2D eigenvalue weighted by Crippen LogP contribution is -2.46. The van der Waals surface area contributed by atoms with Crippen LogP contribution in [0, 0.1) is 11.3 Å². The van der Waals surface area contributed by atoms with Crippen molar-refractivity contribution in [2.45, 2.75) is 18.9 Å². The number of carboxylic acids is 1. The zero-order valence-electron chi connectivity index (χ0n) is 14.5. The Kier molecular flexibility index (Phi) is 4.88. The molecule has 0 spiro atoms. The predicted octanol–water partition coefficient (Wildman–Crippen LogP) is 4.70. The zero-order chi connectivity index (χ0) is 18.1. The van der Waals surface area contributed by atoms with Crippen molar-refractivity contribution in [3.05, 3.63) is 81.4 Å². The number of rotatable bonds is 4. The number of likely N-dealkylation sites (tertiary alicyclic amines) is 1. The van der Waals surface area contributed by atoms with Crippen LogP contribution in [0.15, 0.2) is 70.3 Å². The van der Waals surface area contributed by atoms with Gasteiger partial charge >= 0.3 is 5.97 Å². The summed E-state index contributed by atoms with van der Waals surface area (Å²) < 4.78 is 1.20. The highest BCUT2D eigenvalue weighted by atomic mass is 127. The topological polar surface area (TPSA) is 40.5 Å². The number of hydrogen-bond acceptors (Lipinski definition) is 2. The lowest BCUT2D eigenvalue weighted by molar-refractivity contribution is -0.151. The van der Waals surface area contributed by atoms with Gasteiger partial charge in [0.1, 0.15) is 0 Å². The van der Waals surface area contributed by atoms with Crippen molar-refractivity contribution in [1.29, 1.82) is 0 Å². The molecule has 134 valence electrons. The van der Waals surface area contributed by atoms with E-state index in [1.165, 1.54) is 9.14 Å². The molecule has 2 aromatic rings. The number of nitrogens with zero attached hydrogens (tertiary/aromatic N) is 1. The third-order valence-electron chi connectivity index (χ3n) is 5.90. The van der Waals surface area contributed by atoms with E-state index in [0.29, 0.717) is 6.54 Å². The molecule has 4 heteroatoms. The standard InChI is InChI=1S/C22H22INO2/c23-20-12-11-18(17-9-5-2-6-10-17)22(21(25)26)15-24(14-19(20)22)13-16-7-3-1-4-8-16/h1-10,12,18-19H,11,13-15H2,(H,25,26)/t18-,19-,22-/m0/s1. The van der Waals surface area contributed by atoms with Gasteiger partial charge in [0.15, 0.2) is 0 Å². The quantitative estimate of drug-likeness (QED) is 0.675. The van der Waals surface area contributed by atoms with Crippen molar-refractivity contribution < 1.29 is 9.90 Å². The molecule has 1 aliphatic carbocycles. The third-order valence-corrected chi connectivity index (χ3v) is 7.09. The summed E-state index contributed by atoms with van der Waals surface area (Å²) in [6.07, 6.45) is 3.04. The Hall–Kier alpha value is -1.66. The average molecular weight is 459 g/mol. The highest BCUT2D eigenvalue weighted by molar-refractivity contribution is 14.1. The highest BCUT2D eigenvalue weighted by Gasteiger charge is 2.59. The van der Waals surface area contributed by atoms with Gasteiger partial charge in [0, 0.05) is 31.5 Å². The Balaban J connectivity index is 1.71. The highest BCUT2D eigenvalue weighted by Crippen LogP contribution is 2.56. The van der Waals surface area contributed by atoms with Gasteiger partial charge in [0.25, 0.3) is 0 Å². The van der Waals surface area contributed by atoms with Crippen LogP contribution in [0.3, 0.4) is 0 Å². The fourth-order valence-electron chi connectivity index (χ4n) is 4.68. The lowest BCUT2D eigenvalue weighted by atomic mass is 9.62. The summed E-state index contributed by atoms with van der Waals surface area (Å²) in [5.74, 6) is -0.581.